The highest BCUT2D eigenvalue weighted by Gasteiger charge is 2.35. The van der Waals surface area contributed by atoms with Crippen molar-refractivity contribution in [3.05, 3.63) is 64.9 Å². The van der Waals surface area contributed by atoms with Crippen molar-refractivity contribution < 1.29 is 4.79 Å². The van der Waals surface area contributed by atoms with Crippen LogP contribution in [-0.4, -0.2) is 38.7 Å². The van der Waals surface area contributed by atoms with Crippen molar-refractivity contribution in [2.24, 2.45) is 5.92 Å². The third kappa shape index (κ3) is 4.33. The van der Waals surface area contributed by atoms with Gasteiger partial charge >= 0.3 is 0 Å². The molecule has 4 rings (SSSR count). The number of nitrogens with one attached hydrogen (secondary N) is 1. The molecule has 1 atom stereocenters. The molecule has 2 aromatic heterocycles. The highest BCUT2D eigenvalue weighted by atomic mass is 16.2. The molecule has 1 N–H and O–H groups in total. The SMILES string of the molecule is Cc1nc(CCc2cnn(Cc3ccc(C#N)cc3)c2)nc2c1NC(=O)[C@H](C(C)C)N2C. The van der Waals surface area contributed by atoms with Crippen LogP contribution in [0.3, 0.4) is 0 Å². The van der Waals surface area contributed by atoms with Crippen molar-refractivity contribution in [2.45, 2.75) is 46.2 Å². The first-order valence-corrected chi connectivity index (χ1v) is 10.8. The van der Waals surface area contributed by atoms with Gasteiger partial charge in [-0.05, 0) is 42.5 Å². The van der Waals surface area contributed by atoms with Gasteiger partial charge in [-0.1, -0.05) is 26.0 Å². The molecule has 0 saturated heterocycles. The molecule has 1 aliphatic heterocycles. The summed E-state index contributed by atoms with van der Waals surface area (Å²) in [5.74, 6) is 1.70. The molecule has 3 heterocycles. The number of carbonyl (C=O) groups is 1. The first-order chi connectivity index (χ1) is 15.4. The van der Waals surface area contributed by atoms with Crippen molar-refractivity contribution in [3.8, 4) is 6.07 Å². The molecule has 32 heavy (non-hydrogen) atoms. The molecule has 1 aliphatic rings. The summed E-state index contributed by atoms with van der Waals surface area (Å²) in [6.07, 6.45) is 5.36. The monoisotopic (exact) mass is 429 g/mol. The van der Waals surface area contributed by atoms with E-state index in [0.29, 0.717) is 24.2 Å². The number of nitriles is 1. The van der Waals surface area contributed by atoms with Crippen LogP contribution in [0.5, 0.6) is 0 Å². The molecule has 1 amide bonds. The Hall–Kier alpha value is -3.73. The second kappa shape index (κ2) is 8.79. The van der Waals surface area contributed by atoms with Crippen molar-refractivity contribution in [2.75, 3.05) is 17.3 Å². The van der Waals surface area contributed by atoms with Gasteiger partial charge in [-0.15, -0.1) is 0 Å². The van der Waals surface area contributed by atoms with E-state index in [0.717, 1.165) is 34.9 Å². The van der Waals surface area contributed by atoms with Gasteiger partial charge in [0.25, 0.3) is 0 Å². The summed E-state index contributed by atoms with van der Waals surface area (Å²) in [5.41, 5.74) is 4.34. The zero-order chi connectivity index (χ0) is 22.8. The number of rotatable bonds is 6. The van der Waals surface area contributed by atoms with Gasteiger partial charge in [0.2, 0.25) is 5.91 Å². The van der Waals surface area contributed by atoms with E-state index in [9.17, 15) is 4.79 Å². The molecule has 3 aromatic rings. The summed E-state index contributed by atoms with van der Waals surface area (Å²) >= 11 is 0. The molecule has 8 nitrogen and oxygen atoms in total. The maximum Gasteiger partial charge on any atom is 0.247 e. The van der Waals surface area contributed by atoms with Gasteiger partial charge in [-0.25, -0.2) is 9.97 Å². The molecule has 0 aliphatic carbocycles. The number of aryl methyl sites for hydroxylation is 3. The summed E-state index contributed by atoms with van der Waals surface area (Å²) < 4.78 is 1.90. The molecule has 0 unspecified atom stereocenters. The Morgan fingerprint density at radius 1 is 1.16 bits per heavy atom. The number of anilines is 2. The number of hydrogen-bond donors (Lipinski definition) is 1. The van der Waals surface area contributed by atoms with E-state index < -0.39 is 0 Å². The van der Waals surface area contributed by atoms with E-state index in [4.69, 9.17) is 10.2 Å². The molecule has 0 radical (unpaired) electrons. The Labute approximate surface area is 187 Å². The number of nitrogens with zero attached hydrogens (tertiary/aromatic N) is 6. The van der Waals surface area contributed by atoms with Gasteiger partial charge < -0.3 is 10.2 Å². The van der Waals surface area contributed by atoms with Crippen LogP contribution in [0.4, 0.5) is 11.5 Å². The minimum atomic E-state index is -0.245. The standard InChI is InChI=1S/C24H27N7O/c1-15(2)22-24(32)29-21-16(3)27-20(28-23(21)30(22)4)10-9-19-12-26-31(14-19)13-18-7-5-17(11-25)6-8-18/h5-8,12,14-15,22H,9-10,13H2,1-4H3,(H,29,32)/t22-/m0/s1. The highest BCUT2D eigenvalue weighted by Crippen LogP contribution is 2.33. The summed E-state index contributed by atoms with van der Waals surface area (Å²) in [6.45, 7) is 6.64. The minimum Gasteiger partial charge on any atom is -0.346 e. The maximum atomic E-state index is 12.5. The Bertz CT molecular complexity index is 1170. The molecule has 0 fully saturated rings. The van der Waals surface area contributed by atoms with Crippen LogP contribution in [-0.2, 0) is 24.2 Å². The second-order valence-electron chi connectivity index (χ2n) is 8.57. The highest BCUT2D eigenvalue weighted by molar-refractivity contribution is 6.03. The average molecular weight is 430 g/mol. The lowest BCUT2D eigenvalue weighted by molar-refractivity contribution is -0.118. The van der Waals surface area contributed by atoms with Crippen LogP contribution in [0.15, 0.2) is 36.7 Å². The number of amides is 1. The first kappa shape index (κ1) is 21.5. The molecule has 0 spiro atoms. The van der Waals surface area contributed by atoms with Crippen molar-refractivity contribution in [1.29, 1.82) is 5.26 Å². The number of hydrogen-bond acceptors (Lipinski definition) is 6. The minimum absolute atomic E-state index is 0.0101. The predicted molar refractivity (Wildman–Crippen MR) is 122 cm³/mol. The zero-order valence-corrected chi connectivity index (χ0v) is 18.8. The third-order valence-electron chi connectivity index (χ3n) is 5.77. The molecular formula is C24H27N7O. The van der Waals surface area contributed by atoms with Crippen LogP contribution >= 0.6 is 0 Å². The number of aromatic nitrogens is 4. The van der Waals surface area contributed by atoms with E-state index in [1.165, 1.54) is 0 Å². The van der Waals surface area contributed by atoms with Gasteiger partial charge in [-0.2, -0.15) is 10.4 Å². The fourth-order valence-electron chi connectivity index (χ4n) is 4.13. The van der Waals surface area contributed by atoms with Crippen LogP contribution in [0.2, 0.25) is 0 Å². The maximum absolute atomic E-state index is 12.5. The normalized spacial score (nSPS) is 15.4. The van der Waals surface area contributed by atoms with E-state index in [1.54, 1.807) is 0 Å². The van der Waals surface area contributed by atoms with Crippen molar-refractivity contribution >= 4 is 17.4 Å². The van der Waals surface area contributed by atoms with E-state index in [1.807, 2.05) is 74.1 Å². The van der Waals surface area contributed by atoms with Gasteiger partial charge in [0.1, 0.15) is 17.6 Å². The quantitative estimate of drug-likeness (QED) is 0.646. The molecule has 164 valence electrons. The summed E-state index contributed by atoms with van der Waals surface area (Å²) in [6, 6.07) is 9.42. The van der Waals surface area contributed by atoms with Gasteiger partial charge in [0.05, 0.1) is 30.1 Å². The number of fused-ring (bicyclic) bond motifs is 1. The molecule has 8 heteroatoms. The number of likely N-dealkylation sites (N-methyl/N-ethyl adjacent to an activating group) is 1. The van der Waals surface area contributed by atoms with Crippen LogP contribution < -0.4 is 10.2 Å². The smallest absolute Gasteiger partial charge is 0.247 e. The van der Waals surface area contributed by atoms with Crippen molar-refractivity contribution in [1.82, 2.24) is 19.7 Å². The van der Waals surface area contributed by atoms with E-state index in [2.05, 4.69) is 21.5 Å². The lowest BCUT2D eigenvalue weighted by Crippen LogP contribution is -2.49. The summed E-state index contributed by atoms with van der Waals surface area (Å²) in [4.78, 5) is 23.9. The molecule has 1 aromatic carbocycles. The van der Waals surface area contributed by atoms with E-state index >= 15 is 0 Å². The van der Waals surface area contributed by atoms with E-state index in [-0.39, 0.29) is 17.9 Å². The lowest BCUT2D eigenvalue weighted by Gasteiger charge is -2.36. The van der Waals surface area contributed by atoms with Crippen LogP contribution in [0.25, 0.3) is 0 Å². The Kier molecular flexibility index (Phi) is 5.91. The number of benzene rings is 1. The fourth-order valence-corrected chi connectivity index (χ4v) is 4.13. The Morgan fingerprint density at radius 2 is 1.91 bits per heavy atom. The van der Waals surface area contributed by atoms with Crippen molar-refractivity contribution in [3.63, 3.8) is 0 Å². The van der Waals surface area contributed by atoms with Gasteiger partial charge in [0, 0.05) is 19.7 Å². The molecule has 0 bridgehead atoms. The Morgan fingerprint density at radius 3 is 2.59 bits per heavy atom. The molecule has 0 saturated carbocycles. The van der Waals surface area contributed by atoms with Gasteiger partial charge in [-0.3, -0.25) is 9.48 Å². The zero-order valence-electron chi connectivity index (χ0n) is 18.8. The molecular weight excluding hydrogens is 402 g/mol. The van der Waals surface area contributed by atoms with Crippen LogP contribution in [0.1, 0.15) is 42.1 Å². The summed E-state index contributed by atoms with van der Waals surface area (Å²) in [7, 11) is 1.92. The lowest BCUT2D eigenvalue weighted by atomic mass is 9.99. The predicted octanol–water partition coefficient (Wildman–Crippen LogP) is 3.10. The topological polar surface area (TPSA) is 99.7 Å². The second-order valence-corrected chi connectivity index (χ2v) is 8.57. The third-order valence-corrected chi connectivity index (χ3v) is 5.77. The number of carbonyl (C=O) groups excluding carboxylic acids is 1. The largest absolute Gasteiger partial charge is 0.346 e. The van der Waals surface area contributed by atoms with Crippen LogP contribution in [0, 0.1) is 24.2 Å². The Balaban J connectivity index is 1.45. The first-order valence-electron chi connectivity index (χ1n) is 10.8. The van der Waals surface area contributed by atoms with Gasteiger partial charge in [0.15, 0.2) is 5.82 Å². The fraction of sp³-hybridized carbons (Fsp3) is 0.375. The summed E-state index contributed by atoms with van der Waals surface area (Å²) in [5, 5.41) is 16.4. The average Bonchev–Trinajstić information content (AvgIpc) is 3.21.